The monoisotopic (exact) mass is 417 g/mol. The van der Waals surface area contributed by atoms with Crippen LogP contribution in [0.2, 0.25) is 0 Å². The van der Waals surface area contributed by atoms with Crippen LogP contribution in [0.1, 0.15) is 56.6 Å². The van der Waals surface area contributed by atoms with Gasteiger partial charge in [0.25, 0.3) is 5.91 Å². The summed E-state index contributed by atoms with van der Waals surface area (Å²) >= 11 is 2.28. The molecule has 0 aromatic carbocycles. The molecular weight excluding hydrogens is 399 g/mol. The van der Waals surface area contributed by atoms with E-state index in [0.29, 0.717) is 4.88 Å². The standard InChI is InChI=1S/C17H18F3N3O2S2/c1-9(16-23-13(8-26-16)17(18,19)20)22-14(24)7-21-15(25)12-6-10-4-2-3-5-11(10)27-12/h6,8-9H,2-5,7H2,1H3,(H,21,25)(H,22,24). The number of carbonyl (C=O) groups excluding carboxylic acids is 2. The van der Waals surface area contributed by atoms with Crippen LogP contribution in [0.25, 0.3) is 0 Å². The Morgan fingerprint density at radius 1 is 1.30 bits per heavy atom. The molecule has 2 aromatic heterocycles. The molecule has 1 aliphatic carbocycles. The number of carbonyl (C=O) groups is 2. The van der Waals surface area contributed by atoms with Crippen LogP contribution in [0.3, 0.4) is 0 Å². The van der Waals surface area contributed by atoms with Gasteiger partial charge in [0, 0.05) is 10.3 Å². The average molecular weight is 417 g/mol. The third-order valence-corrected chi connectivity index (χ3v) is 6.45. The van der Waals surface area contributed by atoms with Gasteiger partial charge in [-0.15, -0.1) is 22.7 Å². The first-order valence-corrected chi connectivity index (χ1v) is 10.2. The summed E-state index contributed by atoms with van der Waals surface area (Å²) in [6.07, 6.45) is -0.296. The van der Waals surface area contributed by atoms with E-state index in [1.807, 2.05) is 6.07 Å². The van der Waals surface area contributed by atoms with E-state index in [-0.39, 0.29) is 17.5 Å². The topological polar surface area (TPSA) is 71.1 Å². The molecule has 2 amide bonds. The SMILES string of the molecule is CC(NC(=O)CNC(=O)c1cc2c(s1)CCCC2)c1nc(C(F)(F)F)cs1. The van der Waals surface area contributed by atoms with Gasteiger partial charge in [-0.25, -0.2) is 4.98 Å². The lowest BCUT2D eigenvalue weighted by Crippen LogP contribution is -2.37. The van der Waals surface area contributed by atoms with Crippen molar-refractivity contribution in [2.75, 3.05) is 6.54 Å². The maximum Gasteiger partial charge on any atom is 0.434 e. The summed E-state index contributed by atoms with van der Waals surface area (Å²) in [6.45, 7) is 1.30. The summed E-state index contributed by atoms with van der Waals surface area (Å²) in [5, 5.41) is 6.18. The third-order valence-electron chi connectivity index (χ3n) is 4.19. The molecule has 0 radical (unpaired) electrons. The van der Waals surface area contributed by atoms with Gasteiger partial charge in [-0.3, -0.25) is 9.59 Å². The van der Waals surface area contributed by atoms with Crippen LogP contribution in [0.4, 0.5) is 13.2 Å². The molecule has 0 bridgehead atoms. The van der Waals surface area contributed by atoms with E-state index in [2.05, 4.69) is 15.6 Å². The molecule has 2 N–H and O–H groups in total. The first-order valence-electron chi connectivity index (χ1n) is 8.46. The highest BCUT2D eigenvalue weighted by atomic mass is 32.1. The second-order valence-electron chi connectivity index (χ2n) is 6.31. The number of halogens is 3. The largest absolute Gasteiger partial charge is 0.434 e. The van der Waals surface area contributed by atoms with Gasteiger partial charge in [0.1, 0.15) is 5.01 Å². The Kier molecular flexibility index (Phi) is 5.85. The minimum atomic E-state index is -4.51. The van der Waals surface area contributed by atoms with Gasteiger partial charge >= 0.3 is 6.18 Å². The van der Waals surface area contributed by atoms with E-state index < -0.39 is 23.8 Å². The number of aryl methyl sites for hydroxylation is 2. The van der Waals surface area contributed by atoms with Gasteiger partial charge in [0.15, 0.2) is 5.69 Å². The molecule has 146 valence electrons. The summed E-state index contributed by atoms with van der Waals surface area (Å²) in [5.74, 6) is -0.799. The predicted octanol–water partition coefficient (Wildman–Crippen LogP) is 3.71. The third kappa shape index (κ3) is 4.86. The van der Waals surface area contributed by atoms with E-state index >= 15 is 0 Å². The number of alkyl halides is 3. The minimum absolute atomic E-state index is 0.160. The molecule has 2 heterocycles. The van der Waals surface area contributed by atoms with Gasteiger partial charge in [-0.05, 0) is 44.2 Å². The van der Waals surface area contributed by atoms with Gasteiger partial charge < -0.3 is 10.6 Å². The number of thiazole rings is 1. The second-order valence-corrected chi connectivity index (χ2v) is 8.33. The molecule has 0 fully saturated rings. The number of nitrogens with one attached hydrogen (secondary N) is 2. The summed E-state index contributed by atoms with van der Waals surface area (Å²) in [4.78, 5) is 29.5. The van der Waals surface area contributed by atoms with Crippen LogP contribution in [-0.4, -0.2) is 23.3 Å². The quantitative estimate of drug-likeness (QED) is 0.779. The maximum absolute atomic E-state index is 12.6. The molecule has 1 aliphatic rings. The Balaban J connectivity index is 1.51. The molecule has 2 aromatic rings. The van der Waals surface area contributed by atoms with Crippen molar-refractivity contribution in [3.8, 4) is 0 Å². The molecule has 0 aliphatic heterocycles. The van der Waals surface area contributed by atoms with Crippen molar-refractivity contribution in [2.24, 2.45) is 0 Å². The molecule has 0 saturated heterocycles. The average Bonchev–Trinajstić information content (AvgIpc) is 3.26. The number of aromatic nitrogens is 1. The van der Waals surface area contributed by atoms with E-state index in [9.17, 15) is 22.8 Å². The first-order chi connectivity index (χ1) is 12.7. The molecule has 1 atom stereocenters. The number of amides is 2. The number of thiophene rings is 1. The lowest BCUT2D eigenvalue weighted by Gasteiger charge is -2.11. The van der Waals surface area contributed by atoms with Gasteiger partial charge in [-0.1, -0.05) is 0 Å². The van der Waals surface area contributed by atoms with Crippen LogP contribution in [0.15, 0.2) is 11.4 Å². The molecular formula is C17H18F3N3O2S2. The van der Waals surface area contributed by atoms with Crippen LogP contribution >= 0.6 is 22.7 Å². The number of hydrogen-bond donors (Lipinski definition) is 2. The molecule has 0 saturated carbocycles. The van der Waals surface area contributed by atoms with Crippen LogP contribution < -0.4 is 10.6 Å². The zero-order chi connectivity index (χ0) is 19.6. The number of hydrogen-bond acceptors (Lipinski definition) is 5. The fourth-order valence-electron chi connectivity index (χ4n) is 2.82. The molecule has 0 spiro atoms. The van der Waals surface area contributed by atoms with Crippen LogP contribution in [-0.2, 0) is 23.8 Å². The number of fused-ring (bicyclic) bond motifs is 1. The Hall–Kier alpha value is -1.94. The maximum atomic E-state index is 12.6. The van der Waals surface area contributed by atoms with Crippen LogP contribution in [0.5, 0.6) is 0 Å². The summed E-state index contributed by atoms with van der Waals surface area (Å²) in [7, 11) is 0. The van der Waals surface area contributed by atoms with Crippen molar-refractivity contribution in [3.05, 3.63) is 37.5 Å². The Labute approximate surface area is 162 Å². The zero-order valence-corrected chi connectivity index (χ0v) is 16.1. The highest BCUT2D eigenvalue weighted by Gasteiger charge is 2.34. The lowest BCUT2D eigenvalue weighted by atomic mass is 9.99. The zero-order valence-electron chi connectivity index (χ0n) is 14.5. The smallest absolute Gasteiger partial charge is 0.346 e. The van der Waals surface area contributed by atoms with Crippen molar-refractivity contribution < 1.29 is 22.8 Å². The highest BCUT2D eigenvalue weighted by Crippen LogP contribution is 2.32. The van der Waals surface area contributed by atoms with Crippen molar-refractivity contribution in [1.82, 2.24) is 15.6 Å². The Morgan fingerprint density at radius 2 is 2.04 bits per heavy atom. The van der Waals surface area contributed by atoms with Crippen LogP contribution in [0, 0.1) is 0 Å². The summed E-state index contributed by atoms with van der Waals surface area (Å²) < 4.78 is 37.8. The number of nitrogens with zero attached hydrogens (tertiary/aromatic N) is 1. The fraction of sp³-hybridized carbons (Fsp3) is 0.471. The van der Waals surface area contributed by atoms with E-state index in [0.717, 1.165) is 42.4 Å². The van der Waals surface area contributed by atoms with Gasteiger partial charge in [0.2, 0.25) is 5.91 Å². The fourth-order valence-corrected chi connectivity index (χ4v) is 4.82. The Bertz CT molecular complexity index is 821. The minimum Gasteiger partial charge on any atom is -0.346 e. The number of rotatable bonds is 5. The molecule has 1 unspecified atom stereocenters. The van der Waals surface area contributed by atoms with Crippen molar-refractivity contribution in [2.45, 2.75) is 44.8 Å². The molecule has 5 nitrogen and oxygen atoms in total. The molecule has 3 rings (SSSR count). The van der Waals surface area contributed by atoms with E-state index in [4.69, 9.17) is 0 Å². The van der Waals surface area contributed by atoms with E-state index in [1.165, 1.54) is 21.8 Å². The van der Waals surface area contributed by atoms with Gasteiger partial charge in [0.05, 0.1) is 17.5 Å². The molecule has 27 heavy (non-hydrogen) atoms. The van der Waals surface area contributed by atoms with Crippen molar-refractivity contribution in [1.29, 1.82) is 0 Å². The first kappa shape index (κ1) is 19.8. The Morgan fingerprint density at radius 3 is 2.70 bits per heavy atom. The molecule has 10 heteroatoms. The summed E-state index contributed by atoms with van der Waals surface area (Å²) in [5.41, 5.74) is 0.234. The highest BCUT2D eigenvalue weighted by molar-refractivity contribution is 7.14. The van der Waals surface area contributed by atoms with E-state index in [1.54, 1.807) is 6.92 Å². The summed E-state index contributed by atoms with van der Waals surface area (Å²) in [6, 6.07) is 1.20. The normalized spacial score (nSPS) is 15.1. The van der Waals surface area contributed by atoms with Crippen molar-refractivity contribution >= 4 is 34.5 Å². The predicted molar refractivity (Wildman–Crippen MR) is 97.0 cm³/mol. The van der Waals surface area contributed by atoms with Gasteiger partial charge in [-0.2, -0.15) is 13.2 Å². The van der Waals surface area contributed by atoms with Crippen molar-refractivity contribution in [3.63, 3.8) is 0 Å². The second kappa shape index (κ2) is 7.97. The lowest BCUT2D eigenvalue weighted by molar-refractivity contribution is -0.140.